The Morgan fingerprint density at radius 3 is 2.88 bits per heavy atom. The smallest absolute Gasteiger partial charge is 0.252 e. The predicted molar refractivity (Wildman–Crippen MR) is 103 cm³/mol. The van der Waals surface area contributed by atoms with Gasteiger partial charge in [-0.05, 0) is 58.4 Å². The Balaban J connectivity index is 1.48. The number of rotatable bonds is 4. The largest absolute Gasteiger partial charge is 0.457 e. The number of amides is 1. The van der Waals surface area contributed by atoms with Crippen LogP contribution < -0.4 is 5.32 Å². The summed E-state index contributed by atoms with van der Waals surface area (Å²) >= 11 is 4.80. The van der Waals surface area contributed by atoms with E-state index in [0.717, 1.165) is 15.2 Å². The van der Waals surface area contributed by atoms with Crippen molar-refractivity contribution < 1.29 is 13.6 Å². The lowest BCUT2D eigenvalue weighted by Gasteiger charge is -2.05. The summed E-state index contributed by atoms with van der Waals surface area (Å²) in [5.74, 6) is 0.409. The summed E-state index contributed by atoms with van der Waals surface area (Å²) in [6.07, 6.45) is 0. The molecule has 0 saturated heterocycles. The molecule has 7 heteroatoms. The predicted octanol–water partition coefficient (Wildman–Crippen LogP) is 5.39. The first-order chi connectivity index (χ1) is 12.6. The minimum absolute atomic E-state index is 0.201. The summed E-state index contributed by atoms with van der Waals surface area (Å²) in [6, 6.07) is 15.5. The van der Waals surface area contributed by atoms with Crippen molar-refractivity contribution in [1.82, 2.24) is 10.3 Å². The molecule has 0 fully saturated rings. The van der Waals surface area contributed by atoms with Gasteiger partial charge in [0.05, 0.1) is 22.3 Å². The Morgan fingerprint density at radius 1 is 1.19 bits per heavy atom. The number of hydrogen-bond donors (Lipinski definition) is 1. The van der Waals surface area contributed by atoms with E-state index in [2.05, 4.69) is 26.2 Å². The molecular formula is C19H12BrFN2O2S. The highest BCUT2D eigenvalue weighted by molar-refractivity contribution is 9.10. The molecule has 0 radical (unpaired) electrons. The number of para-hydroxylation sites is 1. The average Bonchev–Trinajstić information content (AvgIpc) is 3.28. The molecule has 4 aromatic rings. The van der Waals surface area contributed by atoms with Gasteiger partial charge >= 0.3 is 0 Å². The highest BCUT2D eigenvalue weighted by Crippen LogP contribution is 2.31. The fourth-order valence-corrected chi connectivity index (χ4v) is 3.85. The van der Waals surface area contributed by atoms with Crippen LogP contribution in [0.15, 0.2) is 63.5 Å². The van der Waals surface area contributed by atoms with Crippen molar-refractivity contribution in [3.8, 4) is 10.8 Å². The van der Waals surface area contributed by atoms with Crippen LogP contribution in [0.4, 0.5) is 4.39 Å². The second-order valence-corrected chi connectivity index (χ2v) is 7.44. The molecule has 26 heavy (non-hydrogen) atoms. The molecule has 0 aliphatic heterocycles. The lowest BCUT2D eigenvalue weighted by atomic mass is 10.2. The third kappa shape index (κ3) is 3.40. The molecule has 2 aromatic heterocycles. The van der Waals surface area contributed by atoms with Gasteiger partial charge in [-0.25, -0.2) is 9.37 Å². The second-order valence-electron chi connectivity index (χ2n) is 5.56. The fraction of sp³-hybridized carbons (Fsp3) is 0.0526. The Kier molecular flexibility index (Phi) is 4.57. The maximum atomic E-state index is 13.3. The third-order valence-corrected chi connectivity index (χ3v) is 5.50. The third-order valence-electron chi connectivity index (χ3n) is 3.76. The standard InChI is InChI=1S/C19H12BrFN2O2S/c20-14-7-5-11(21)9-13(14)18(24)22-10-12-6-8-16(25-12)19-23-15-3-1-2-4-17(15)26-19/h1-9H,10H2,(H,22,24). The van der Waals surface area contributed by atoms with E-state index < -0.39 is 5.82 Å². The fourth-order valence-electron chi connectivity index (χ4n) is 2.50. The molecule has 2 aromatic carbocycles. The van der Waals surface area contributed by atoms with Crippen LogP contribution in [0.5, 0.6) is 0 Å². The quantitative estimate of drug-likeness (QED) is 0.472. The number of thiazole rings is 1. The van der Waals surface area contributed by atoms with Gasteiger partial charge in [-0.2, -0.15) is 0 Å². The molecule has 4 nitrogen and oxygen atoms in total. The van der Waals surface area contributed by atoms with Crippen LogP contribution in [-0.2, 0) is 6.54 Å². The number of nitrogens with one attached hydrogen (secondary N) is 1. The van der Waals surface area contributed by atoms with Gasteiger partial charge in [-0.1, -0.05) is 12.1 Å². The maximum absolute atomic E-state index is 13.3. The lowest BCUT2D eigenvalue weighted by molar-refractivity contribution is 0.0947. The molecule has 130 valence electrons. The van der Waals surface area contributed by atoms with E-state index in [1.165, 1.54) is 18.2 Å². The van der Waals surface area contributed by atoms with Crippen LogP contribution in [0.25, 0.3) is 21.0 Å². The minimum Gasteiger partial charge on any atom is -0.457 e. The van der Waals surface area contributed by atoms with Crippen molar-refractivity contribution in [3.05, 3.63) is 76.2 Å². The first kappa shape index (κ1) is 16.9. The highest BCUT2D eigenvalue weighted by atomic mass is 79.9. The molecule has 0 aliphatic carbocycles. The van der Waals surface area contributed by atoms with Gasteiger partial charge in [0.25, 0.3) is 5.91 Å². The van der Waals surface area contributed by atoms with Gasteiger partial charge in [-0.3, -0.25) is 4.79 Å². The number of fused-ring (bicyclic) bond motifs is 1. The topological polar surface area (TPSA) is 55.1 Å². The number of benzene rings is 2. The highest BCUT2D eigenvalue weighted by Gasteiger charge is 2.13. The number of nitrogens with zero attached hydrogens (tertiary/aromatic N) is 1. The first-order valence-corrected chi connectivity index (χ1v) is 9.39. The summed E-state index contributed by atoms with van der Waals surface area (Å²) in [5, 5.41) is 3.52. The van der Waals surface area contributed by atoms with E-state index in [0.29, 0.717) is 16.0 Å². The van der Waals surface area contributed by atoms with E-state index >= 15 is 0 Å². The SMILES string of the molecule is O=C(NCc1ccc(-c2nc3ccccc3s2)o1)c1cc(F)ccc1Br. The monoisotopic (exact) mass is 430 g/mol. The summed E-state index contributed by atoms with van der Waals surface area (Å²) in [5.41, 5.74) is 1.16. The molecule has 1 amide bonds. The summed E-state index contributed by atoms with van der Waals surface area (Å²) < 4.78 is 20.7. The first-order valence-electron chi connectivity index (χ1n) is 7.78. The zero-order chi connectivity index (χ0) is 18.1. The van der Waals surface area contributed by atoms with Crippen LogP contribution in [0.3, 0.4) is 0 Å². The molecule has 0 spiro atoms. The molecule has 0 unspecified atom stereocenters. The maximum Gasteiger partial charge on any atom is 0.252 e. The molecule has 0 saturated carbocycles. The summed E-state index contributed by atoms with van der Waals surface area (Å²) in [4.78, 5) is 16.8. The number of furan rings is 1. The zero-order valence-corrected chi connectivity index (χ0v) is 15.7. The zero-order valence-electron chi connectivity index (χ0n) is 13.3. The summed E-state index contributed by atoms with van der Waals surface area (Å²) in [7, 11) is 0. The van der Waals surface area contributed by atoms with Gasteiger partial charge < -0.3 is 9.73 Å². The second kappa shape index (κ2) is 7.01. The number of carbonyl (C=O) groups excluding carboxylic acids is 1. The molecule has 0 atom stereocenters. The van der Waals surface area contributed by atoms with E-state index in [4.69, 9.17) is 4.42 Å². The van der Waals surface area contributed by atoms with Gasteiger partial charge in [0.1, 0.15) is 11.6 Å². The Hall–Kier alpha value is -2.51. The Labute approximate surface area is 160 Å². The number of halogens is 2. The van der Waals surface area contributed by atoms with E-state index in [-0.39, 0.29) is 18.0 Å². The molecular weight excluding hydrogens is 419 g/mol. The van der Waals surface area contributed by atoms with Crippen LogP contribution in [-0.4, -0.2) is 10.9 Å². The van der Waals surface area contributed by atoms with E-state index in [1.54, 1.807) is 17.4 Å². The van der Waals surface area contributed by atoms with E-state index in [1.807, 2.05) is 30.3 Å². The normalized spacial score (nSPS) is 11.0. The Morgan fingerprint density at radius 2 is 2.04 bits per heavy atom. The van der Waals surface area contributed by atoms with Gasteiger partial charge in [-0.15, -0.1) is 11.3 Å². The number of carbonyl (C=O) groups is 1. The minimum atomic E-state index is -0.463. The van der Waals surface area contributed by atoms with Crippen molar-refractivity contribution in [2.24, 2.45) is 0 Å². The van der Waals surface area contributed by atoms with Crippen LogP contribution >= 0.6 is 27.3 Å². The van der Waals surface area contributed by atoms with Crippen molar-refractivity contribution in [3.63, 3.8) is 0 Å². The van der Waals surface area contributed by atoms with Crippen molar-refractivity contribution in [2.75, 3.05) is 0 Å². The molecule has 0 aliphatic rings. The van der Waals surface area contributed by atoms with E-state index in [9.17, 15) is 9.18 Å². The van der Waals surface area contributed by atoms with Crippen LogP contribution in [0.2, 0.25) is 0 Å². The average molecular weight is 431 g/mol. The van der Waals surface area contributed by atoms with Crippen LogP contribution in [0.1, 0.15) is 16.1 Å². The van der Waals surface area contributed by atoms with Crippen molar-refractivity contribution in [2.45, 2.75) is 6.54 Å². The molecule has 1 N–H and O–H groups in total. The Bertz CT molecular complexity index is 1070. The summed E-state index contributed by atoms with van der Waals surface area (Å²) in [6.45, 7) is 0.201. The van der Waals surface area contributed by atoms with Gasteiger partial charge in [0, 0.05) is 4.47 Å². The molecule has 0 bridgehead atoms. The van der Waals surface area contributed by atoms with Gasteiger partial charge in [0.2, 0.25) is 0 Å². The van der Waals surface area contributed by atoms with Crippen molar-refractivity contribution in [1.29, 1.82) is 0 Å². The lowest BCUT2D eigenvalue weighted by Crippen LogP contribution is -2.23. The molecule has 4 rings (SSSR count). The van der Waals surface area contributed by atoms with Crippen molar-refractivity contribution >= 4 is 43.4 Å². The molecule has 2 heterocycles. The van der Waals surface area contributed by atoms with Crippen LogP contribution in [0, 0.1) is 5.82 Å². The number of aromatic nitrogens is 1. The van der Waals surface area contributed by atoms with Gasteiger partial charge in [0.15, 0.2) is 10.8 Å². The number of hydrogen-bond acceptors (Lipinski definition) is 4.